The lowest BCUT2D eigenvalue weighted by molar-refractivity contribution is 0.376. The van der Waals surface area contributed by atoms with Crippen LogP contribution in [0.15, 0.2) is 46.6 Å². The van der Waals surface area contributed by atoms with Gasteiger partial charge in [0.05, 0.1) is 0 Å². The van der Waals surface area contributed by atoms with Gasteiger partial charge < -0.3 is 0 Å². The van der Waals surface area contributed by atoms with Gasteiger partial charge in [-0.2, -0.15) is 0 Å². The third-order valence-electron chi connectivity index (χ3n) is 5.05. The molecule has 25 heavy (non-hydrogen) atoms. The first kappa shape index (κ1) is 22.0. The summed E-state index contributed by atoms with van der Waals surface area (Å²) in [6.07, 6.45) is 19.6. The fraction of sp³-hybridized carbons (Fsp3) is 0.667. The van der Waals surface area contributed by atoms with Crippen LogP contribution in [0.3, 0.4) is 0 Å². The lowest BCUT2D eigenvalue weighted by atomic mass is 10.0. The molecule has 0 aromatic carbocycles. The molecule has 0 unspecified atom stereocenters. The average Bonchev–Trinajstić information content (AvgIpc) is 3.06. The predicted molar refractivity (Wildman–Crippen MR) is 114 cm³/mol. The van der Waals surface area contributed by atoms with Crippen molar-refractivity contribution in [1.82, 2.24) is 4.90 Å². The number of hydrogen-bond acceptors (Lipinski definition) is 1. The Bertz CT molecular complexity index is 480. The first-order chi connectivity index (χ1) is 12.0. The lowest BCUT2D eigenvalue weighted by Crippen LogP contribution is -2.18. The molecule has 1 heterocycles. The van der Waals surface area contributed by atoms with E-state index in [1.54, 1.807) is 11.1 Å². The summed E-state index contributed by atoms with van der Waals surface area (Å²) >= 11 is 0. The number of likely N-dealkylation sites (tertiary alicyclic amines) is 1. The van der Waals surface area contributed by atoms with Crippen LogP contribution in [0.1, 0.15) is 86.0 Å². The molecule has 1 nitrogen and oxygen atoms in total. The number of allylic oxidation sites excluding steroid dienone is 7. The molecule has 1 fully saturated rings. The van der Waals surface area contributed by atoms with Crippen molar-refractivity contribution in [3.8, 4) is 0 Å². The van der Waals surface area contributed by atoms with Crippen LogP contribution in [0.25, 0.3) is 0 Å². The molecule has 0 radical (unpaired) electrons. The van der Waals surface area contributed by atoms with Gasteiger partial charge in [0.25, 0.3) is 0 Å². The van der Waals surface area contributed by atoms with Crippen molar-refractivity contribution < 1.29 is 0 Å². The monoisotopic (exact) mass is 343 g/mol. The zero-order valence-electron chi connectivity index (χ0n) is 17.5. The zero-order valence-corrected chi connectivity index (χ0v) is 17.5. The van der Waals surface area contributed by atoms with Gasteiger partial charge in [0, 0.05) is 6.54 Å². The lowest BCUT2D eigenvalue weighted by Gasteiger charge is -2.11. The van der Waals surface area contributed by atoms with Crippen LogP contribution in [0, 0.1) is 0 Å². The SMILES string of the molecule is CC(C)=CCC/C(C)=C/CC/C(C)=C/CC/C(C)=C/CN1CCCC1. The standard InChI is InChI=1S/C24H41N/c1-21(2)11-8-12-22(3)13-9-14-23(4)15-10-16-24(5)17-20-25-18-6-7-19-25/h11,13,15,17H,6-10,12,14,16,18-20H2,1-5H3/b22-13+,23-15+,24-17+. The summed E-state index contributed by atoms with van der Waals surface area (Å²) in [6.45, 7) is 15.0. The molecule has 1 aliphatic rings. The van der Waals surface area contributed by atoms with E-state index in [0.29, 0.717) is 0 Å². The minimum Gasteiger partial charge on any atom is -0.300 e. The summed E-state index contributed by atoms with van der Waals surface area (Å²) in [5.74, 6) is 0. The highest BCUT2D eigenvalue weighted by molar-refractivity contribution is 5.07. The van der Waals surface area contributed by atoms with Gasteiger partial charge in [-0.05, 0) is 99.1 Å². The van der Waals surface area contributed by atoms with E-state index in [9.17, 15) is 0 Å². The molecule has 0 bridgehead atoms. The largest absolute Gasteiger partial charge is 0.300 e. The van der Waals surface area contributed by atoms with E-state index in [1.807, 2.05) is 0 Å². The van der Waals surface area contributed by atoms with Crippen LogP contribution in [-0.2, 0) is 0 Å². The van der Waals surface area contributed by atoms with Gasteiger partial charge in [-0.3, -0.25) is 4.90 Å². The number of hydrogen-bond donors (Lipinski definition) is 0. The second-order valence-electron chi connectivity index (χ2n) is 8.06. The predicted octanol–water partition coefficient (Wildman–Crippen LogP) is 7.23. The van der Waals surface area contributed by atoms with Crippen molar-refractivity contribution >= 4 is 0 Å². The minimum atomic E-state index is 1.16. The van der Waals surface area contributed by atoms with E-state index in [0.717, 1.165) is 6.54 Å². The third kappa shape index (κ3) is 12.0. The van der Waals surface area contributed by atoms with Crippen LogP contribution in [0.2, 0.25) is 0 Å². The van der Waals surface area contributed by atoms with Gasteiger partial charge in [0.1, 0.15) is 0 Å². The highest BCUT2D eigenvalue weighted by Crippen LogP contribution is 2.14. The quantitative estimate of drug-likeness (QED) is 0.358. The summed E-state index contributed by atoms with van der Waals surface area (Å²) in [5, 5.41) is 0. The Morgan fingerprint density at radius 3 is 1.56 bits per heavy atom. The Labute approximate surface area is 157 Å². The summed E-state index contributed by atoms with van der Waals surface area (Å²) in [4.78, 5) is 2.57. The van der Waals surface area contributed by atoms with E-state index in [4.69, 9.17) is 0 Å². The van der Waals surface area contributed by atoms with Gasteiger partial charge in [0.15, 0.2) is 0 Å². The molecule has 1 rings (SSSR count). The van der Waals surface area contributed by atoms with E-state index in [1.165, 1.54) is 75.6 Å². The Kier molecular flexibility index (Phi) is 11.6. The Morgan fingerprint density at radius 1 is 0.640 bits per heavy atom. The fourth-order valence-corrected chi connectivity index (χ4v) is 3.24. The molecule has 0 atom stereocenters. The maximum absolute atomic E-state index is 2.57. The number of nitrogens with zero attached hydrogens (tertiary/aromatic N) is 1. The summed E-state index contributed by atoms with van der Waals surface area (Å²) < 4.78 is 0. The van der Waals surface area contributed by atoms with E-state index in [2.05, 4.69) is 63.8 Å². The van der Waals surface area contributed by atoms with Crippen molar-refractivity contribution in [1.29, 1.82) is 0 Å². The van der Waals surface area contributed by atoms with Gasteiger partial charge in [-0.25, -0.2) is 0 Å². The summed E-state index contributed by atoms with van der Waals surface area (Å²) in [5.41, 5.74) is 6.05. The van der Waals surface area contributed by atoms with Gasteiger partial charge in [0.2, 0.25) is 0 Å². The van der Waals surface area contributed by atoms with Gasteiger partial charge in [-0.1, -0.05) is 46.6 Å². The van der Waals surface area contributed by atoms with Crippen LogP contribution in [0.4, 0.5) is 0 Å². The Balaban J connectivity index is 2.17. The molecule has 0 N–H and O–H groups in total. The molecular weight excluding hydrogens is 302 g/mol. The number of rotatable bonds is 11. The molecule has 142 valence electrons. The second kappa shape index (κ2) is 13.2. The normalized spacial score (nSPS) is 17.2. The molecule has 0 aromatic rings. The first-order valence-corrected chi connectivity index (χ1v) is 10.3. The Hall–Kier alpha value is -1.08. The average molecular weight is 344 g/mol. The molecule has 0 aliphatic carbocycles. The topological polar surface area (TPSA) is 3.24 Å². The van der Waals surface area contributed by atoms with Crippen molar-refractivity contribution in [3.63, 3.8) is 0 Å². The van der Waals surface area contributed by atoms with Crippen molar-refractivity contribution in [3.05, 3.63) is 46.6 Å². The zero-order chi connectivity index (χ0) is 18.5. The third-order valence-corrected chi connectivity index (χ3v) is 5.05. The summed E-state index contributed by atoms with van der Waals surface area (Å²) in [7, 11) is 0. The van der Waals surface area contributed by atoms with E-state index in [-0.39, 0.29) is 0 Å². The van der Waals surface area contributed by atoms with Crippen LogP contribution >= 0.6 is 0 Å². The van der Waals surface area contributed by atoms with Crippen molar-refractivity contribution in [2.75, 3.05) is 19.6 Å². The molecule has 1 saturated heterocycles. The molecule has 0 amide bonds. The summed E-state index contributed by atoms with van der Waals surface area (Å²) in [6, 6.07) is 0. The maximum Gasteiger partial charge on any atom is 0.0165 e. The highest BCUT2D eigenvalue weighted by Gasteiger charge is 2.08. The fourth-order valence-electron chi connectivity index (χ4n) is 3.24. The van der Waals surface area contributed by atoms with Crippen molar-refractivity contribution in [2.24, 2.45) is 0 Å². The second-order valence-corrected chi connectivity index (χ2v) is 8.06. The van der Waals surface area contributed by atoms with E-state index < -0.39 is 0 Å². The van der Waals surface area contributed by atoms with Crippen molar-refractivity contribution in [2.45, 2.75) is 86.0 Å². The molecule has 0 aromatic heterocycles. The maximum atomic E-state index is 2.57. The first-order valence-electron chi connectivity index (χ1n) is 10.3. The molecule has 1 aliphatic heterocycles. The van der Waals surface area contributed by atoms with Gasteiger partial charge in [-0.15, -0.1) is 0 Å². The van der Waals surface area contributed by atoms with Crippen LogP contribution < -0.4 is 0 Å². The minimum absolute atomic E-state index is 1.16. The molecular formula is C24H41N. The van der Waals surface area contributed by atoms with E-state index >= 15 is 0 Å². The van der Waals surface area contributed by atoms with Crippen LogP contribution in [0.5, 0.6) is 0 Å². The smallest absolute Gasteiger partial charge is 0.0165 e. The van der Waals surface area contributed by atoms with Gasteiger partial charge >= 0.3 is 0 Å². The molecule has 0 spiro atoms. The van der Waals surface area contributed by atoms with Crippen LogP contribution in [-0.4, -0.2) is 24.5 Å². The highest BCUT2D eigenvalue weighted by atomic mass is 15.1. The molecule has 1 heteroatoms. The Morgan fingerprint density at radius 2 is 1.08 bits per heavy atom. The molecule has 0 saturated carbocycles.